The lowest BCUT2D eigenvalue weighted by Gasteiger charge is -2.11. The molecule has 1 aromatic carbocycles. The number of benzene rings is 1. The molecule has 0 saturated carbocycles. The fourth-order valence-electron chi connectivity index (χ4n) is 1.58. The lowest BCUT2D eigenvalue weighted by atomic mass is 10.1. The van der Waals surface area contributed by atoms with E-state index in [4.69, 9.17) is 0 Å². The summed E-state index contributed by atoms with van der Waals surface area (Å²) in [4.78, 5) is 0.296. The van der Waals surface area contributed by atoms with Gasteiger partial charge in [0.25, 0.3) is 0 Å². The van der Waals surface area contributed by atoms with Gasteiger partial charge in [0.15, 0.2) is 0 Å². The maximum atomic E-state index is 12.0. The van der Waals surface area contributed by atoms with Crippen LogP contribution in [0.5, 0.6) is 0 Å². The standard InChI is InChI=1S/C11H17BrN2O2S/c1-4-14-17(15,16)10-6-9(7-13-3)5-8(2)11(10)12/h5-6,13-14H,4,7H2,1-3H3. The van der Waals surface area contributed by atoms with Crippen molar-refractivity contribution in [2.45, 2.75) is 25.3 Å². The van der Waals surface area contributed by atoms with Gasteiger partial charge in [0.2, 0.25) is 10.0 Å². The second-order valence-electron chi connectivity index (χ2n) is 3.76. The molecule has 0 spiro atoms. The minimum Gasteiger partial charge on any atom is -0.316 e. The SMILES string of the molecule is CCNS(=O)(=O)c1cc(CNC)cc(C)c1Br. The Bertz CT molecular complexity index is 500. The van der Waals surface area contributed by atoms with Crippen LogP contribution in [0.3, 0.4) is 0 Å². The molecule has 0 amide bonds. The van der Waals surface area contributed by atoms with Crippen LogP contribution in [0.1, 0.15) is 18.1 Å². The Hall–Kier alpha value is -0.430. The van der Waals surface area contributed by atoms with E-state index in [-0.39, 0.29) is 0 Å². The monoisotopic (exact) mass is 320 g/mol. The summed E-state index contributed by atoms with van der Waals surface area (Å²) in [7, 11) is -1.60. The summed E-state index contributed by atoms with van der Waals surface area (Å²) in [5.74, 6) is 0. The van der Waals surface area contributed by atoms with Crippen molar-refractivity contribution in [1.82, 2.24) is 10.0 Å². The van der Waals surface area contributed by atoms with Crippen molar-refractivity contribution in [3.05, 3.63) is 27.7 Å². The van der Waals surface area contributed by atoms with Crippen LogP contribution in [0.25, 0.3) is 0 Å². The average Bonchev–Trinajstić information content (AvgIpc) is 2.23. The van der Waals surface area contributed by atoms with Gasteiger partial charge < -0.3 is 5.32 Å². The zero-order valence-corrected chi connectivity index (χ0v) is 12.6. The Morgan fingerprint density at radius 2 is 2.00 bits per heavy atom. The maximum Gasteiger partial charge on any atom is 0.241 e. The molecular formula is C11H17BrN2O2S. The van der Waals surface area contributed by atoms with Gasteiger partial charge in [-0.1, -0.05) is 13.0 Å². The predicted octanol–water partition coefficient (Wildman–Crippen LogP) is 1.78. The molecule has 0 aliphatic heterocycles. The van der Waals surface area contributed by atoms with E-state index in [0.717, 1.165) is 11.1 Å². The van der Waals surface area contributed by atoms with E-state index in [0.29, 0.717) is 22.5 Å². The van der Waals surface area contributed by atoms with E-state index in [1.54, 1.807) is 13.0 Å². The number of rotatable bonds is 5. The molecule has 0 fully saturated rings. The maximum absolute atomic E-state index is 12.0. The molecule has 2 N–H and O–H groups in total. The van der Waals surface area contributed by atoms with Gasteiger partial charge in [0, 0.05) is 17.6 Å². The summed E-state index contributed by atoms with van der Waals surface area (Å²) in [5, 5.41) is 3.01. The predicted molar refractivity (Wildman–Crippen MR) is 72.5 cm³/mol. The number of nitrogens with one attached hydrogen (secondary N) is 2. The summed E-state index contributed by atoms with van der Waals surface area (Å²) in [6.07, 6.45) is 0. The van der Waals surface area contributed by atoms with Crippen LogP contribution >= 0.6 is 15.9 Å². The third-order valence-corrected chi connectivity index (χ3v) is 5.17. The molecule has 1 aromatic rings. The van der Waals surface area contributed by atoms with Gasteiger partial charge in [-0.3, -0.25) is 0 Å². The van der Waals surface area contributed by atoms with Gasteiger partial charge in [0.05, 0.1) is 4.90 Å². The third kappa shape index (κ3) is 3.51. The first-order valence-corrected chi connectivity index (χ1v) is 7.63. The van der Waals surface area contributed by atoms with E-state index >= 15 is 0 Å². The molecule has 0 atom stereocenters. The second kappa shape index (κ2) is 5.95. The molecular weight excluding hydrogens is 304 g/mol. The van der Waals surface area contributed by atoms with Crippen molar-refractivity contribution in [3.8, 4) is 0 Å². The van der Waals surface area contributed by atoms with E-state index in [1.165, 1.54) is 0 Å². The summed E-state index contributed by atoms with van der Waals surface area (Å²) < 4.78 is 27.1. The largest absolute Gasteiger partial charge is 0.316 e. The third-order valence-electron chi connectivity index (χ3n) is 2.29. The minimum atomic E-state index is -3.43. The average molecular weight is 321 g/mol. The minimum absolute atomic E-state index is 0.296. The van der Waals surface area contributed by atoms with Gasteiger partial charge >= 0.3 is 0 Å². The topological polar surface area (TPSA) is 58.2 Å². The molecule has 0 unspecified atom stereocenters. The molecule has 0 radical (unpaired) electrons. The summed E-state index contributed by atoms with van der Waals surface area (Å²) in [5.41, 5.74) is 1.86. The Morgan fingerprint density at radius 1 is 1.35 bits per heavy atom. The highest BCUT2D eigenvalue weighted by Gasteiger charge is 2.18. The van der Waals surface area contributed by atoms with Crippen molar-refractivity contribution in [2.75, 3.05) is 13.6 Å². The first kappa shape index (κ1) is 14.6. The van der Waals surface area contributed by atoms with E-state index in [9.17, 15) is 8.42 Å². The number of hydrogen-bond acceptors (Lipinski definition) is 3. The van der Waals surface area contributed by atoms with Crippen molar-refractivity contribution in [3.63, 3.8) is 0 Å². The Morgan fingerprint density at radius 3 is 2.53 bits per heavy atom. The van der Waals surface area contributed by atoms with Crippen LogP contribution in [-0.4, -0.2) is 22.0 Å². The lowest BCUT2D eigenvalue weighted by molar-refractivity contribution is 0.583. The molecule has 0 aliphatic carbocycles. The Balaban J connectivity index is 3.32. The molecule has 0 aliphatic rings. The summed E-state index contributed by atoms with van der Waals surface area (Å²) in [6, 6.07) is 3.65. The fraction of sp³-hybridized carbons (Fsp3) is 0.455. The Kier molecular flexibility index (Phi) is 5.12. The molecule has 96 valence electrons. The van der Waals surface area contributed by atoms with Crippen molar-refractivity contribution >= 4 is 26.0 Å². The number of sulfonamides is 1. The highest BCUT2D eigenvalue weighted by Crippen LogP contribution is 2.27. The molecule has 1 rings (SSSR count). The summed E-state index contributed by atoms with van der Waals surface area (Å²) in [6.45, 7) is 4.66. The number of aryl methyl sites for hydroxylation is 1. The Labute approximate surface area is 111 Å². The van der Waals surface area contributed by atoms with Crippen molar-refractivity contribution in [2.24, 2.45) is 0 Å². The van der Waals surface area contributed by atoms with Crippen LogP contribution < -0.4 is 10.0 Å². The highest BCUT2D eigenvalue weighted by atomic mass is 79.9. The van der Waals surface area contributed by atoms with Crippen LogP contribution in [0.2, 0.25) is 0 Å². The molecule has 17 heavy (non-hydrogen) atoms. The molecule has 0 heterocycles. The zero-order chi connectivity index (χ0) is 13.1. The van der Waals surface area contributed by atoms with E-state index in [2.05, 4.69) is 26.0 Å². The van der Waals surface area contributed by atoms with Crippen LogP contribution in [0.15, 0.2) is 21.5 Å². The number of halogens is 1. The van der Waals surface area contributed by atoms with Gasteiger partial charge in [-0.15, -0.1) is 0 Å². The smallest absolute Gasteiger partial charge is 0.241 e. The number of hydrogen-bond donors (Lipinski definition) is 2. The van der Waals surface area contributed by atoms with Gasteiger partial charge in [-0.05, 0) is 47.1 Å². The van der Waals surface area contributed by atoms with Crippen molar-refractivity contribution in [1.29, 1.82) is 0 Å². The van der Waals surface area contributed by atoms with E-state index in [1.807, 2.05) is 20.0 Å². The molecule has 4 nitrogen and oxygen atoms in total. The normalized spacial score (nSPS) is 11.8. The zero-order valence-electron chi connectivity index (χ0n) is 10.2. The molecule has 6 heteroatoms. The fourth-order valence-corrected chi connectivity index (χ4v) is 3.69. The molecule has 0 aromatic heterocycles. The second-order valence-corrected chi connectivity index (χ2v) is 6.28. The molecule has 0 bridgehead atoms. The summed E-state index contributed by atoms with van der Waals surface area (Å²) >= 11 is 3.33. The van der Waals surface area contributed by atoms with Crippen LogP contribution in [0.4, 0.5) is 0 Å². The van der Waals surface area contributed by atoms with Crippen LogP contribution in [0, 0.1) is 6.92 Å². The van der Waals surface area contributed by atoms with Gasteiger partial charge in [-0.25, -0.2) is 13.1 Å². The first-order chi connectivity index (χ1) is 7.92. The molecule has 0 saturated heterocycles. The van der Waals surface area contributed by atoms with E-state index < -0.39 is 10.0 Å². The van der Waals surface area contributed by atoms with Crippen LogP contribution in [-0.2, 0) is 16.6 Å². The first-order valence-electron chi connectivity index (χ1n) is 5.35. The quantitative estimate of drug-likeness (QED) is 0.869. The lowest BCUT2D eigenvalue weighted by Crippen LogP contribution is -2.24. The van der Waals surface area contributed by atoms with Gasteiger partial charge in [0.1, 0.15) is 0 Å². The van der Waals surface area contributed by atoms with Crippen molar-refractivity contribution < 1.29 is 8.42 Å². The van der Waals surface area contributed by atoms with Gasteiger partial charge in [-0.2, -0.15) is 0 Å². The highest BCUT2D eigenvalue weighted by molar-refractivity contribution is 9.10.